The number of benzene rings is 1. The molecule has 2 rings (SSSR count). The van der Waals surface area contributed by atoms with Gasteiger partial charge in [0, 0.05) is 18.7 Å². The van der Waals surface area contributed by atoms with E-state index in [9.17, 15) is 9.90 Å². The van der Waals surface area contributed by atoms with Crippen LogP contribution in [0.5, 0.6) is 0 Å². The molecule has 1 unspecified atom stereocenters. The molecular weight excluding hydrogens is 290 g/mol. The average molecular weight is 309 g/mol. The number of fused-ring (bicyclic) bond motifs is 1. The number of aromatic nitrogens is 1. The van der Waals surface area contributed by atoms with E-state index in [0.29, 0.717) is 11.6 Å². The fourth-order valence-electron chi connectivity index (χ4n) is 1.80. The Morgan fingerprint density at radius 3 is 3.00 bits per heavy atom. The van der Waals surface area contributed by atoms with Crippen LogP contribution in [-0.2, 0) is 4.79 Å². The van der Waals surface area contributed by atoms with Gasteiger partial charge in [-0.05, 0) is 24.6 Å². The maximum atomic E-state index is 11.6. The van der Waals surface area contributed by atoms with Crippen LogP contribution in [0, 0.1) is 0 Å². The maximum Gasteiger partial charge on any atom is 0.226 e. The molecule has 0 bridgehead atoms. The third kappa shape index (κ3) is 4.38. The Morgan fingerprint density at radius 1 is 1.48 bits per heavy atom. The predicted molar refractivity (Wildman–Crippen MR) is 84.7 cm³/mol. The molecule has 114 valence electrons. The highest BCUT2D eigenvalue weighted by Crippen LogP contribution is 2.28. The van der Waals surface area contributed by atoms with Gasteiger partial charge >= 0.3 is 0 Å². The van der Waals surface area contributed by atoms with E-state index in [2.05, 4.69) is 15.6 Å². The second kappa shape index (κ2) is 7.35. The summed E-state index contributed by atoms with van der Waals surface area (Å²) in [5.41, 5.74) is 1.66. The first-order chi connectivity index (χ1) is 10.1. The predicted octanol–water partition coefficient (Wildman–Crippen LogP) is 1.80. The highest BCUT2D eigenvalue weighted by molar-refractivity contribution is 7.22. The number of carbonyl (C=O) groups excluding carboxylic acids is 1. The van der Waals surface area contributed by atoms with Crippen molar-refractivity contribution in [3.05, 3.63) is 18.2 Å². The van der Waals surface area contributed by atoms with Gasteiger partial charge < -0.3 is 20.8 Å². The third-order valence-corrected chi connectivity index (χ3v) is 3.80. The number of rotatable bonds is 7. The number of hydrogen-bond donors (Lipinski definition) is 4. The number of amides is 1. The molecule has 7 heteroatoms. The van der Waals surface area contributed by atoms with Crippen LogP contribution in [0.1, 0.15) is 19.8 Å². The first kappa shape index (κ1) is 15.7. The van der Waals surface area contributed by atoms with Crippen molar-refractivity contribution in [3.8, 4) is 0 Å². The second-order valence-corrected chi connectivity index (χ2v) is 5.75. The third-order valence-electron chi connectivity index (χ3n) is 2.86. The van der Waals surface area contributed by atoms with Gasteiger partial charge in [-0.25, -0.2) is 4.98 Å². The van der Waals surface area contributed by atoms with Crippen LogP contribution in [0.25, 0.3) is 10.2 Å². The van der Waals surface area contributed by atoms with Crippen molar-refractivity contribution in [2.24, 2.45) is 0 Å². The molecule has 0 radical (unpaired) electrons. The van der Waals surface area contributed by atoms with E-state index < -0.39 is 6.10 Å². The van der Waals surface area contributed by atoms with Crippen LogP contribution in [0.2, 0.25) is 0 Å². The highest BCUT2D eigenvalue weighted by atomic mass is 32.1. The molecule has 1 heterocycles. The number of anilines is 2. The van der Waals surface area contributed by atoms with E-state index in [4.69, 9.17) is 5.11 Å². The van der Waals surface area contributed by atoms with E-state index in [1.165, 1.54) is 11.3 Å². The standard InChI is InChI=1S/C14H19N3O3S/c1-2-3-13(20)17-14-16-11-5-4-9(6-12(11)21-14)15-7-10(19)8-18/h4-6,10,15,18-19H,2-3,7-8H2,1H3,(H,16,17,20). The van der Waals surface area contributed by atoms with Gasteiger partial charge in [0.25, 0.3) is 0 Å². The Kier molecular flexibility index (Phi) is 5.49. The smallest absolute Gasteiger partial charge is 0.226 e. The van der Waals surface area contributed by atoms with Gasteiger partial charge in [0.1, 0.15) is 0 Å². The van der Waals surface area contributed by atoms with Crippen molar-refractivity contribution in [2.75, 3.05) is 23.8 Å². The van der Waals surface area contributed by atoms with E-state index in [-0.39, 0.29) is 19.1 Å². The molecule has 21 heavy (non-hydrogen) atoms. The number of nitrogens with one attached hydrogen (secondary N) is 2. The zero-order valence-electron chi connectivity index (χ0n) is 11.8. The Morgan fingerprint density at radius 2 is 2.29 bits per heavy atom. The molecule has 0 saturated carbocycles. The molecule has 1 aromatic heterocycles. The van der Waals surface area contributed by atoms with Gasteiger partial charge in [0.15, 0.2) is 5.13 Å². The van der Waals surface area contributed by atoms with Crippen molar-refractivity contribution < 1.29 is 15.0 Å². The fraction of sp³-hybridized carbons (Fsp3) is 0.429. The number of aliphatic hydroxyl groups excluding tert-OH is 2. The van der Waals surface area contributed by atoms with Crippen molar-refractivity contribution in [2.45, 2.75) is 25.9 Å². The van der Waals surface area contributed by atoms with Gasteiger partial charge in [0.2, 0.25) is 5.91 Å². The Labute approximate surface area is 126 Å². The van der Waals surface area contributed by atoms with E-state index in [0.717, 1.165) is 22.3 Å². The van der Waals surface area contributed by atoms with E-state index in [1.54, 1.807) is 0 Å². The summed E-state index contributed by atoms with van der Waals surface area (Å²) in [6, 6.07) is 5.62. The summed E-state index contributed by atoms with van der Waals surface area (Å²) in [6.45, 7) is 1.96. The topological polar surface area (TPSA) is 94.5 Å². The first-order valence-corrected chi connectivity index (χ1v) is 7.67. The Balaban J connectivity index is 2.07. The summed E-state index contributed by atoms with van der Waals surface area (Å²) < 4.78 is 0.949. The van der Waals surface area contributed by atoms with Crippen LogP contribution < -0.4 is 10.6 Å². The second-order valence-electron chi connectivity index (χ2n) is 4.72. The van der Waals surface area contributed by atoms with E-state index in [1.807, 2.05) is 25.1 Å². The minimum Gasteiger partial charge on any atom is -0.394 e. The number of hydrogen-bond acceptors (Lipinski definition) is 6. The zero-order valence-corrected chi connectivity index (χ0v) is 12.6. The molecule has 0 spiro atoms. The van der Waals surface area contributed by atoms with Crippen LogP contribution in [0.3, 0.4) is 0 Å². The van der Waals surface area contributed by atoms with Crippen molar-refractivity contribution in [1.29, 1.82) is 0 Å². The minimum atomic E-state index is -0.786. The van der Waals surface area contributed by atoms with Gasteiger partial charge in [-0.2, -0.15) is 0 Å². The lowest BCUT2D eigenvalue weighted by Gasteiger charge is -2.09. The Bertz CT molecular complexity index is 615. The van der Waals surface area contributed by atoms with Crippen molar-refractivity contribution in [3.63, 3.8) is 0 Å². The normalized spacial score (nSPS) is 12.3. The highest BCUT2D eigenvalue weighted by Gasteiger charge is 2.08. The number of carbonyl (C=O) groups is 1. The zero-order chi connectivity index (χ0) is 15.2. The summed E-state index contributed by atoms with van der Waals surface area (Å²) >= 11 is 1.41. The first-order valence-electron chi connectivity index (χ1n) is 6.85. The number of nitrogens with zero attached hydrogens (tertiary/aromatic N) is 1. The molecule has 0 aliphatic rings. The van der Waals surface area contributed by atoms with Gasteiger partial charge in [-0.15, -0.1) is 0 Å². The molecule has 2 aromatic rings. The molecule has 1 amide bonds. The molecule has 0 saturated heterocycles. The molecule has 4 N–H and O–H groups in total. The minimum absolute atomic E-state index is 0.0269. The molecule has 6 nitrogen and oxygen atoms in total. The SMILES string of the molecule is CCCC(=O)Nc1nc2ccc(NCC(O)CO)cc2s1. The summed E-state index contributed by atoms with van der Waals surface area (Å²) in [4.78, 5) is 15.9. The molecule has 0 aliphatic carbocycles. The molecule has 1 atom stereocenters. The largest absolute Gasteiger partial charge is 0.394 e. The van der Waals surface area contributed by atoms with Gasteiger partial charge in [-0.3, -0.25) is 4.79 Å². The fourth-order valence-corrected chi connectivity index (χ4v) is 2.72. The van der Waals surface area contributed by atoms with E-state index >= 15 is 0 Å². The summed E-state index contributed by atoms with van der Waals surface area (Å²) in [7, 11) is 0. The summed E-state index contributed by atoms with van der Waals surface area (Å²) in [5, 5.41) is 24.5. The van der Waals surface area contributed by atoms with Gasteiger partial charge in [-0.1, -0.05) is 18.3 Å². The lowest BCUT2D eigenvalue weighted by molar-refractivity contribution is -0.116. The molecular formula is C14H19N3O3S. The molecule has 0 fully saturated rings. The number of thiazole rings is 1. The average Bonchev–Trinajstić information content (AvgIpc) is 2.86. The quantitative estimate of drug-likeness (QED) is 0.625. The maximum absolute atomic E-state index is 11.6. The van der Waals surface area contributed by atoms with Crippen LogP contribution in [0.15, 0.2) is 18.2 Å². The van der Waals surface area contributed by atoms with Crippen molar-refractivity contribution >= 4 is 38.3 Å². The lowest BCUT2D eigenvalue weighted by atomic mass is 10.3. The van der Waals surface area contributed by atoms with Gasteiger partial charge in [0.05, 0.1) is 22.9 Å². The van der Waals surface area contributed by atoms with Crippen LogP contribution in [-0.4, -0.2) is 40.4 Å². The van der Waals surface area contributed by atoms with Crippen LogP contribution >= 0.6 is 11.3 Å². The lowest BCUT2D eigenvalue weighted by Crippen LogP contribution is -2.22. The monoisotopic (exact) mass is 309 g/mol. The summed E-state index contributed by atoms with van der Waals surface area (Å²) in [5.74, 6) is -0.0269. The Hall–Kier alpha value is -1.70. The van der Waals surface area contributed by atoms with Crippen molar-refractivity contribution in [1.82, 2.24) is 4.98 Å². The van der Waals surface area contributed by atoms with Crippen LogP contribution in [0.4, 0.5) is 10.8 Å². The number of aliphatic hydroxyl groups is 2. The molecule has 1 aromatic carbocycles. The summed E-state index contributed by atoms with van der Waals surface area (Å²) in [6.07, 6.45) is 0.505. The molecule has 0 aliphatic heterocycles.